The third-order valence-electron chi connectivity index (χ3n) is 5.15. The van der Waals surface area contributed by atoms with Crippen molar-refractivity contribution in [3.8, 4) is 5.75 Å². The van der Waals surface area contributed by atoms with E-state index in [1.807, 2.05) is 0 Å². The van der Waals surface area contributed by atoms with Crippen LogP contribution in [0.4, 0.5) is 0 Å². The van der Waals surface area contributed by atoms with E-state index in [9.17, 15) is 0 Å². The second-order valence-corrected chi connectivity index (χ2v) is 9.06. The molecule has 1 aliphatic carbocycles. The van der Waals surface area contributed by atoms with E-state index in [1.165, 1.54) is 17.5 Å². The molecular weight excluding hydrogens is 356 g/mol. The molecule has 3 heteroatoms. The minimum absolute atomic E-state index is 0.116. The summed E-state index contributed by atoms with van der Waals surface area (Å²) in [4.78, 5) is 0. The van der Waals surface area contributed by atoms with Crippen molar-refractivity contribution in [1.29, 1.82) is 0 Å². The molecule has 1 aliphatic heterocycles. The van der Waals surface area contributed by atoms with Gasteiger partial charge >= 0.3 is 0 Å². The van der Waals surface area contributed by atoms with Gasteiger partial charge in [0.15, 0.2) is 0 Å². The average molecular weight is 374 g/mol. The Balaban J connectivity index is 2.20. The Labute approximate surface area is 126 Å². The third kappa shape index (κ3) is 1.49. The van der Waals surface area contributed by atoms with Crippen LogP contribution in [0.2, 0.25) is 0 Å². The molecule has 18 heavy (non-hydrogen) atoms. The fourth-order valence-corrected chi connectivity index (χ4v) is 5.11. The van der Waals surface area contributed by atoms with Gasteiger partial charge in [-0.2, -0.15) is 0 Å². The molecule has 0 radical (unpaired) electrons. The molecule has 1 aromatic carbocycles. The van der Waals surface area contributed by atoms with Crippen LogP contribution in [-0.2, 0) is 5.41 Å². The molecule has 1 nitrogen and oxygen atoms in total. The highest BCUT2D eigenvalue weighted by atomic mass is 79.9. The summed E-state index contributed by atoms with van der Waals surface area (Å²) in [6, 6.07) is 6.64. The second-order valence-electron chi connectivity index (χ2n) is 6.00. The average Bonchev–Trinajstić information content (AvgIpc) is 2.50. The summed E-state index contributed by atoms with van der Waals surface area (Å²) in [7, 11) is 0. The van der Waals surface area contributed by atoms with Crippen LogP contribution in [0.1, 0.15) is 37.8 Å². The molecule has 1 heterocycles. The van der Waals surface area contributed by atoms with Crippen molar-refractivity contribution in [2.45, 2.75) is 48.4 Å². The molecule has 0 aromatic heterocycles. The highest BCUT2D eigenvalue weighted by Crippen LogP contribution is 2.61. The Morgan fingerprint density at radius 1 is 1.33 bits per heavy atom. The fourth-order valence-electron chi connectivity index (χ4n) is 3.67. The van der Waals surface area contributed by atoms with E-state index in [0.29, 0.717) is 5.92 Å². The number of aryl methyl sites for hydroxylation is 1. The zero-order valence-electron chi connectivity index (χ0n) is 11.0. The number of fused-ring (bicyclic) bond motifs is 4. The van der Waals surface area contributed by atoms with Crippen LogP contribution >= 0.6 is 31.9 Å². The summed E-state index contributed by atoms with van der Waals surface area (Å²) >= 11 is 7.41. The van der Waals surface area contributed by atoms with Crippen LogP contribution in [0.25, 0.3) is 0 Å². The summed E-state index contributed by atoms with van der Waals surface area (Å²) in [5.74, 6) is 1.58. The summed E-state index contributed by atoms with van der Waals surface area (Å²) in [6.45, 7) is 6.84. The number of rotatable bonds is 1. The van der Waals surface area contributed by atoms with Crippen LogP contribution in [0.3, 0.4) is 0 Å². The highest BCUT2D eigenvalue weighted by molar-refractivity contribution is 9.24. The van der Waals surface area contributed by atoms with Crippen LogP contribution in [0.15, 0.2) is 18.2 Å². The molecule has 3 rings (SSSR count). The molecule has 2 bridgehead atoms. The summed E-state index contributed by atoms with van der Waals surface area (Å²) < 4.78 is 6.63. The van der Waals surface area contributed by atoms with Crippen molar-refractivity contribution in [1.82, 2.24) is 0 Å². The Morgan fingerprint density at radius 3 is 2.72 bits per heavy atom. The number of hydrogen-bond donors (Lipinski definition) is 0. The zero-order chi connectivity index (χ0) is 13.1. The van der Waals surface area contributed by atoms with Gasteiger partial charge in [0.05, 0.1) is 0 Å². The van der Waals surface area contributed by atoms with Crippen molar-refractivity contribution >= 4 is 31.9 Å². The number of alkyl halides is 2. The lowest BCUT2D eigenvalue weighted by Gasteiger charge is -2.46. The van der Waals surface area contributed by atoms with Crippen LogP contribution < -0.4 is 4.74 Å². The van der Waals surface area contributed by atoms with E-state index in [0.717, 1.165) is 12.2 Å². The number of hydrogen-bond acceptors (Lipinski definition) is 1. The first kappa shape index (κ1) is 13.0. The van der Waals surface area contributed by atoms with Gasteiger partial charge in [-0.05, 0) is 31.4 Å². The van der Waals surface area contributed by atoms with Gasteiger partial charge in [-0.3, -0.25) is 0 Å². The minimum atomic E-state index is -0.116. The Hall–Kier alpha value is -0.0200. The molecule has 1 saturated carbocycles. The van der Waals surface area contributed by atoms with Crippen molar-refractivity contribution in [3.63, 3.8) is 0 Å². The van der Waals surface area contributed by atoms with Crippen molar-refractivity contribution in [2.75, 3.05) is 0 Å². The van der Waals surface area contributed by atoms with Gasteiger partial charge in [-0.1, -0.05) is 57.8 Å². The molecule has 3 unspecified atom stereocenters. The predicted molar refractivity (Wildman–Crippen MR) is 81.9 cm³/mol. The van der Waals surface area contributed by atoms with Crippen LogP contribution in [0, 0.1) is 12.8 Å². The Kier molecular flexibility index (Phi) is 2.88. The molecule has 0 N–H and O–H groups in total. The molecule has 0 amide bonds. The summed E-state index contributed by atoms with van der Waals surface area (Å²) in [5, 5.41) is 0. The van der Waals surface area contributed by atoms with Gasteiger partial charge < -0.3 is 4.74 Å². The first-order valence-electron chi connectivity index (χ1n) is 6.48. The Bertz CT molecular complexity index is 499. The standard InChI is InChI=1S/C15H18Br2O/c1-9-4-5-11-12(8-9)18-15(13(16)17)7-6-14(11,3)10(15)2/h4-5,8,10,13H,6-7H2,1-3H3. The topological polar surface area (TPSA) is 9.23 Å². The monoisotopic (exact) mass is 372 g/mol. The normalized spacial score (nSPS) is 37.6. The molecule has 0 saturated heterocycles. The molecular formula is C15H18Br2O. The predicted octanol–water partition coefficient (Wildman–Crippen LogP) is 4.93. The minimum Gasteiger partial charge on any atom is -0.485 e. The maximum Gasteiger partial charge on any atom is 0.135 e. The van der Waals surface area contributed by atoms with E-state index in [1.54, 1.807) is 0 Å². The zero-order valence-corrected chi connectivity index (χ0v) is 14.1. The maximum absolute atomic E-state index is 6.44. The van der Waals surface area contributed by atoms with Crippen molar-refractivity contribution in [3.05, 3.63) is 29.3 Å². The van der Waals surface area contributed by atoms with E-state index in [2.05, 4.69) is 70.8 Å². The fraction of sp³-hybridized carbons (Fsp3) is 0.600. The van der Waals surface area contributed by atoms with Crippen LogP contribution in [-0.4, -0.2) is 9.34 Å². The second kappa shape index (κ2) is 3.99. The summed E-state index contributed by atoms with van der Waals surface area (Å²) in [6.07, 6.45) is 2.29. The largest absolute Gasteiger partial charge is 0.485 e. The first-order chi connectivity index (χ1) is 8.40. The smallest absolute Gasteiger partial charge is 0.135 e. The van der Waals surface area contributed by atoms with Gasteiger partial charge in [0.1, 0.15) is 15.1 Å². The molecule has 98 valence electrons. The van der Waals surface area contributed by atoms with Gasteiger partial charge in [0, 0.05) is 16.9 Å². The quantitative estimate of drug-likeness (QED) is 0.634. The van der Waals surface area contributed by atoms with Crippen molar-refractivity contribution < 1.29 is 4.74 Å². The molecule has 1 aromatic rings. The lowest BCUT2D eigenvalue weighted by Crippen LogP contribution is -2.51. The van der Waals surface area contributed by atoms with Gasteiger partial charge in [-0.15, -0.1) is 0 Å². The third-order valence-corrected chi connectivity index (χ3v) is 6.70. The lowest BCUT2D eigenvalue weighted by atomic mass is 9.70. The van der Waals surface area contributed by atoms with Gasteiger partial charge in [0.25, 0.3) is 0 Å². The SMILES string of the molecule is Cc1ccc2c(c1)OC1(C(Br)Br)CCC2(C)C1C. The Morgan fingerprint density at radius 2 is 2.06 bits per heavy atom. The maximum atomic E-state index is 6.44. The molecule has 1 fully saturated rings. The number of ether oxygens (including phenoxy) is 1. The van der Waals surface area contributed by atoms with Gasteiger partial charge in [-0.25, -0.2) is 0 Å². The molecule has 2 aliphatic rings. The molecule has 0 spiro atoms. The van der Waals surface area contributed by atoms with Crippen LogP contribution in [0.5, 0.6) is 5.75 Å². The molecule has 3 atom stereocenters. The summed E-state index contributed by atoms with van der Waals surface area (Å²) in [5.41, 5.74) is 2.77. The van der Waals surface area contributed by atoms with E-state index in [-0.39, 0.29) is 14.8 Å². The van der Waals surface area contributed by atoms with E-state index < -0.39 is 0 Å². The van der Waals surface area contributed by atoms with Gasteiger partial charge in [0.2, 0.25) is 0 Å². The lowest BCUT2D eigenvalue weighted by molar-refractivity contribution is 0.0218. The highest BCUT2D eigenvalue weighted by Gasteiger charge is 2.61. The van der Waals surface area contributed by atoms with E-state index in [4.69, 9.17) is 4.74 Å². The number of benzene rings is 1. The number of halogens is 2. The first-order valence-corrected chi connectivity index (χ1v) is 8.31. The van der Waals surface area contributed by atoms with Crippen molar-refractivity contribution in [2.24, 2.45) is 5.92 Å². The van der Waals surface area contributed by atoms with E-state index >= 15 is 0 Å².